The molecule has 1 rings (SSSR count). The van der Waals surface area contributed by atoms with E-state index < -0.39 is 0 Å². The van der Waals surface area contributed by atoms with Crippen molar-refractivity contribution in [3.63, 3.8) is 0 Å². The van der Waals surface area contributed by atoms with Gasteiger partial charge in [-0.3, -0.25) is 0 Å². The van der Waals surface area contributed by atoms with Gasteiger partial charge in [0.25, 0.3) is 0 Å². The average molecular weight is 267 g/mol. The third-order valence-electron chi connectivity index (χ3n) is 2.90. The lowest BCUT2D eigenvalue weighted by Gasteiger charge is -2.20. The van der Waals surface area contributed by atoms with E-state index in [1.807, 2.05) is 4.68 Å². The van der Waals surface area contributed by atoms with E-state index in [0.717, 1.165) is 18.7 Å². The fraction of sp³-hybridized carbons (Fsp3) is 0.867. The molecule has 0 unspecified atom stereocenters. The predicted octanol–water partition coefficient (Wildman–Crippen LogP) is 3.81. The summed E-state index contributed by atoms with van der Waals surface area (Å²) in [4.78, 5) is 0. The van der Waals surface area contributed by atoms with E-state index in [-0.39, 0.29) is 5.60 Å². The van der Waals surface area contributed by atoms with Crippen LogP contribution in [-0.4, -0.2) is 20.6 Å². The van der Waals surface area contributed by atoms with Gasteiger partial charge in [0, 0.05) is 6.54 Å². The van der Waals surface area contributed by atoms with Gasteiger partial charge in [-0.1, -0.05) is 32.4 Å². The summed E-state index contributed by atoms with van der Waals surface area (Å²) in [5, 5.41) is 8.12. The Hall–Kier alpha value is -0.900. The highest BCUT2D eigenvalue weighted by Crippen LogP contribution is 2.21. The number of rotatable bonds is 6. The van der Waals surface area contributed by atoms with Gasteiger partial charge in [-0.15, -0.1) is 5.10 Å². The molecule has 0 fully saturated rings. The van der Waals surface area contributed by atoms with E-state index in [1.54, 1.807) is 6.20 Å². The quantitative estimate of drug-likeness (QED) is 0.736. The zero-order valence-corrected chi connectivity index (χ0v) is 13.4. The average Bonchev–Trinajstić information content (AvgIpc) is 2.66. The van der Waals surface area contributed by atoms with Gasteiger partial charge in [-0.05, 0) is 39.0 Å². The summed E-state index contributed by atoms with van der Waals surface area (Å²) in [5.41, 5.74) is 1.35. The highest BCUT2D eigenvalue weighted by Gasteiger charge is 2.13. The Bertz CT molecular complexity index is 371. The minimum atomic E-state index is -0.124. The monoisotopic (exact) mass is 267 g/mol. The zero-order chi connectivity index (χ0) is 14.5. The molecular weight excluding hydrogens is 238 g/mol. The summed E-state index contributed by atoms with van der Waals surface area (Å²) in [6, 6.07) is 0. The normalized spacial score (nSPS) is 12.9. The Morgan fingerprint density at radius 3 is 2.37 bits per heavy atom. The number of nitrogens with zero attached hydrogens (tertiary/aromatic N) is 3. The first-order valence-corrected chi connectivity index (χ1v) is 7.19. The fourth-order valence-electron chi connectivity index (χ4n) is 1.79. The largest absolute Gasteiger partial charge is 0.370 e. The Kier molecular flexibility index (Phi) is 5.53. The number of aromatic nitrogens is 3. The summed E-state index contributed by atoms with van der Waals surface area (Å²) < 4.78 is 7.74. The molecule has 0 N–H and O–H groups in total. The molecule has 0 spiro atoms. The van der Waals surface area contributed by atoms with E-state index in [1.165, 1.54) is 12.8 Å². The van der Waals surface area contributed by atoms with Gasteiger partial charge in [0.05, 0.1) is 24.1 Å². The summed E-state index contributed by atoms with van der Waals surface area (Å²) >= 11 is 0. The third-order valence-corrected chi connectivity index (χ3v) is 2.90. The maximum Gasteiger partial charge on any atom is 0.0908 e. The van der Waals surface area contributed by atoms with Crippen molar-refractivity contribution in [2.75, 3.05) is 0 Å². The Morgan fingerprint density at radius 2 is 1.79 bits per heavy atom. The van der Waals surface area contributed by atoms with Crippen molar-refractivity contribution in [1.82, 2.24) is 15.0 Å². The first kappa shape index (κ1) is 16.2. The summed E-state index contributed by atoms with van der Waals surface area (Å²) in [6.45, 7) is 14.5. The van der Waals surface area contributed by atoms with Crippen LogP contribution in [0.4, 0.5) is 0 Å². The molecule has 0 aliphatic carbocycles. The Balaban J connectivity index is 2.37. The molecule has 1 aromatic heterocycles. The van der Waals surface area contributed by atoms with E-state index in [9.17, 15) is 0 Å². The molecule has 19 heavy (non-hydrogen) atoms. The lowest BCUT2D eigenvalue weighted by Crippen LogP contribution is -2.20. The van der Waals surface area contributed by atoms with Crippen molar-refractivity contribution in [1.29, 1.82) is 0 Å². The van der Waals surface area contributed by atoms with Gasteiger partial charge in [-0.25, -0.2) is 4.68 Å². The Labute approximate surface area is 117 Å². The molecule has 0 bridgehead atoms. The molecular formula is C15H29N3O. The molecule has 0 saturated heterocycles. The van der Waals surface area contributed by atoms with E-state index in [4.69, 9.17) is 4.74 Å². The van der Waals surface area contributed by atoms with Crippen molar-refractivity contribution < 1.29 is 4.74 Å². The third kappa shape index (κ3) is 7.31. The van der Waals surface area contributed by atoms with Crippen LogP contribution in [0.15, 0.2) is 6.20 Å². The van der Waals surface area contributed by atoms with Crippen LogP contribution in [0, 0.1) is 5.41 Å². The number of hydrogen-bond donors (Lipinski definition) is 0. The van der Waals surface area contributed by atoms with Crippen LogP contribution in [0.5, 0.6) is 0 Å². The van der Waals surface area contributed by atoms with Crippen LogP contribution in [-0.2, 0) is 17.9 Å². The SMILES string of the molecule is CC(C)(C)CCCCn1nncc1COC(C)(C)C. The van der Waals surface area contributed by atoms with Crippen LogP contribution >= 0.6 is 0 Å². The van der Waals surface area contributed by atoms with E-state index in [2.05, 4.69) is 51.9 Å². The highest BCUT2D eigenvalue weighted by molar-refractivity contribution is 4.91. The molecule has 1 aromatic rings. The topological polar surface area (TPSA) is 39.9 Å². The first-order valence-electron chi connectivity index (χ1n) is 7.19. The molecule has 0 aromatic carbocycles. The second-order valence-electron chi connectivity index (χ2n) is 7.37. The smallest absolute Gasteiger partial charge is 0.0908 e. The fourth-order valence-corrected chi connectivity index (χ4v) is 1.79. The maximum atomic E-state index is 5.77. The van der Waals surface area contributed by atoms with Crippen LogP contribution in [0.1, 0.15) is 66.5 Å². The van der Waals surface area contributed by atoms with E-state index >= 15 is 0 Å². The molecule has 4 nitrogen and oxygen atoms in total. The van der Waals surface area contributed by atoms with E-state index in [0.29, 0.717) is 12.0 Å². The number of unbranched alkanes of at least 4 members (excludes halogenated alkanes) is 1. The lowest BCUT2D eigenvalue weighted by molar-refractivity contribution is -0.0181. The Morgan fingerprint density at radius 1 is 1.11 bits per heavy atom. The summed E-state index contributed by atoms with van der Waals surface area (Å²) in [6.07, 6.45) is 5.41. The molecule has 110 valence electrons. The molecule has 0 aliphatic rings. The second kappa shape index (κ2) is 6.51. The van der Waals surface area contributed by atoms with Crippen molar-refractivity contribution in [2.24, 2.45) is 5.41 Å². The molecule has 4 heteroatoms. The zero-order valence-electron chi connectivity index (χ0n) is 13.4. The molecule has 0 radical (unpaired) electrons. The predicted molar refractivity (Wildman–Crippen MR) is 77.9 cm³/mol. The van der Waals surface area contributed by atoms with Crippen molar-refractivity contribution in [3.05, 3.63) is 11.9 Å². The molecule has 0 saturated carbocycles. The molecule has 0 aliphatic heterocycles. The van der Waals surface area contributed by atoms with Crippen molar-refractivity contribution in [3.8, 4) is 0 Å². The number of hydrogen-bond acceptors (Lipinski definition) is 3. The number of ether oxygens (including phenoxy) is 1. The minimum Gasteiger partial charge on any atom is -0.370 e. The van der Waals surface area contributed by atoms with Crippen LogP contribution in [0.2, 0.25) is 0 Å². The van der Waals surface area contributed by atoms with Crippen molar-refractivity contribution in [2.45, 2.75) is 79.6 Å². The first-order chi connectivity index (χ1) is 8.67. The molecule has 0 amide bonds. The van der Waals surface area contributed by atoms with Crippen LogP contribution in [0.3, 0.4) is 0 Å². The second-order valence-corrected chi connectivity index (χ2v) is 7.37. The minimum absolute atomic E-state index is 0.124. The van der Waals surface area contributed by atoms with Gasteiger partial charge in [-0.2, -0.15) is 0 Å². The van der Waals surface area contributed by atoms with Gasteiger partial charge >= 0.3 is 0 Å². The van der Waals surface area contributed by atoms with Gasteiger partial charge < -0.3 is 4.74 Å². The summed E-state index contributed by atoms with van der Waals surface area (Å²) in [5.74, 6) is 0. The van der Waals surface area contributed by atoms with Gasteiger partial charge in [0.2, 0.25) is 0 Å². The van der Waals surface area contributed by atoms with Gasteiger partial charge in [0.15, 0.2) is 0 Å². The highest BCUT2D eigenvalue weighted by atomic mass is 16.5. The maximum absolute atomic E-state index is 5.77. The van der Waals surface area contributed by atoms with Crippen LogP contribution < -0.4 is 0 Å². The van der Waals surface area contributed by atoms with Crippen LogP contribution in [0.25, 0.3) is 0 Å². The van der Waals surface area contributed by atoms with Gasteiger partial charge in [0.1, 0.15) is 0 Å². The lowest BCUT2D eigenvalue weighted by atomic mass is 9.90. The molecule has 1 heterocycles. The number of aryl methyl sites for hydroxylation is 1. The standard InChI is InChI=1S/C15H29N3O/c1-14(2,3)9-7-8-10-18-13(11-16-17-18)12-19-15(4,5)6/h11H,7-10,12H2,1-6H3. The molecule has 0 atom stereocenters. The van der Waals surface area contributed by atoms with Crippen molar-refractivity contribution >= 4 is 0 Å². The summed E-state index contributed by atoms with van der Waals surface area (Å²) in [7, 11) is 0.